The molecule has 0 unspecified atom stereocenters. The minimum atomic E-state index is -0.464. The molecular formula is C16H15N3O3S. The van der Waals surface area contributed by atoms with Crippen molar-refractivity contribution in [3.8, 4) is 11.5 Å². The number of rotatable bonds is 3. The lowest BCUT2D eigenvalue weighted by Gasteiger charge is -2.19. The lowest BCUT2D eigenvalue weighted by Crippen LogP contribution is -2.20. The third kappa shape index (κ3) is 3.70. The van der Waals surface area contributed by atoms with Crippen LogP contribution in [-0.4, -0.2) is 24.2 Å². The van der Waals surface area contributed by atoms with E-state index >= 15 is 0 Å². The van der Waals surface area contributed by atoms with Crippen molar-refractivity contribution in [1.29, 1.82) is 0 Å². The highest BCUT2D eigenvalue weighted by atomic mass is 32.1. The number of primary amides is 1. The molecule has 2 aromatic carbocycles. The predicted molar refractivity (Wildman–Crippen MR) is 92.2 cm³/mol. The van der Waals surface area contributed by atoms with Gasteiger partial charge in [-0.3, -0.25) is 4.79 Å². The van der Waals surface area contributed by atoms with E-state index in [1.807, 2.05) is 18.2 Å². The fraction of sp³-hybridized carbons (Fsp3) is 0.125. The largest absolute Gasteiger partial charge is 0.486 e. The maximum Gasteiger partial charge on any atom is 0.248 e. The Bertz CT molecular complexity index is 747. The molecule has 23 heavy (non-hydrogen) atoms. The highest BCUT2D eigenvalue weighted by Crippen LogP contribution is 2.32. The number of carbonyl (C=O) groups is 1. The van der Waals surface area contributed by atoms with Gasteiger partial charge in [-0.15, -0.1) is 0 Å². The van der Waals surface area contributed by atoms with Gasteiger partial charge in [0.25, 0.3) is 0 Å². The van der Waals surface area contributed by atoms with Crippen LogP contribution < -0.4 is 25.8 Å². The van der Waals surface area contributed by atoms with Crippen LogP contribution in [0.3, 0.4) is 0 Å². The SMILES string of the molecule is NC(=O)c1ccc(NC(=S)Nc2ccc3c(c2)OCCO3)cc1. The standard InChI is InChI=1S/C16H15N3O3S/c17-15(20)10-1-3-11(4-2-10)18-16(23)19-12-5-6-13-14(9-12)22-8-7-21-13/h1-6,9H,7-8H2,(H2,17,20)(H2,18,19,23). The molecule has 118 valence electrons. The van der Waals surface area contributed by atoms with E-state index in [1.165, 1.54) is 0 Å². The Morgan fingerprint density at radius 1 is 0.957 bits per heavy atom. The van der Waals surface area contributed by atoms with Crippen LogP contribution in [-0.2, 0) is 0 Å². The molecule has 7 heteroatoms. The molecule has 4 N–H and O–H groups in total. The van der Waals surface area contributed by atoms with Gasteiger partial charge in [0.15, 0.2) is 16.6 Å². The van der Waals surface area contributed by atoms with Crippen molar-refractivity contribution in [3.63, 3.8) is 0 Å². The molecular weight excluding hydrogens is 314 g/mol. The smallest absolute Gasteiger partial charge is 0.248 e. The quantitative estimate of drug-likeness (QED) is 0.750. The van der Waals surface area contributed by atoms with Gasteiger partial charge in [0.2, 0.25) is 5.91 Å². The molecule has 0 fully saturated rings. The summed E-state index contributed by atoms with van der Waals surface area (Å²) >= 11 is 5.27. The van der Waals surface area contributed by atoms with E-state index in [-0.39, 0.29) is 0 Å². The first-order valence-corrected chi connectivity index (χ1v) is 7.40. The molecule has 0 saturated carbocycles. The minimum absolute atomic E-state index is 0.425. The monoisotopic (exact) mass is 329 g/mol. The Morgan fingerprint density at radius 3 is 2.26 bits per heavy atom. The number of anilines is 2. The first kappa shape index (κ1) is 15.1. The van der Waals surface area contributed by atoms with Crippen LogP contribution in [0.5, 0.6) is 11.5 Å². The summed E-state index contributed by atoms with van der Waals surface area (Å²) in [5, 5.41) is 6.53. The number of benzene rings is 2. The zero-order valence-electron chi connectivity index (χ0n) is 12.2. The summed E-state index contributed by atoms with van der Waals surface area (Å²) in [7, 11) is 0. The number of nitrogens with two attached hydrogens (primary N) is 1. The van der Waals surface area contributed by atoms with Crippen LogP contribution in [0.25, 0.3) is 0 Å². The van der Waals surface area contributed by atoms with Gasteiger partial charge in [-0.2, -0.15) is 0 Å². The zero-order valence-corrected chi connectivity index (χ0v) is 13.0. The molecule has 1 heterocycles. The van der Waals surface area contributed by atoms with Crippen molar-refractivity contribution < 1.29 is 14.3 Å². The van der Waals surface area contributed by atoms with E-state index in [9.17, 15) is 4.79 Å². The maximum atomic E-state index is 11.0. The topological polar surface area (TPSA) is 85.6 Å². The van der Waals surface area contributed by atoms with Crippen molar-refractivity contribution in [2.75, 3.05) is 23.8 Å². The molecule has 1 aliphatic heterocycles. The molecule has 0 radical (unpaired) electrons. The van der Waals surface area contributed by atoms with E-state index in [4.69, 9.17) is 27.4 Å². The molecule has 3 rings (SSSR count). The highest BCUT2D eigenvalue weighted by molar-refractivity contribution is 7.80. The normalized spacial score (nSPS) is 12.3. The van der Waals surface area contributed by atoms with Gasteiger partial charge in [0.05, 0.1) is 0 Å². The Labute approximate surface area is 138 Å². The Morgan fingerprint density at radius 2 is 1.57 bits per heavy atom. The number of ether oxygens (including phenoxy) is 2. The summed E-state index contributed by atoms with van der Waals surface area (Å²) in [5.74, 6) is 0.950. The van der Waals surface area contributed by atoms with Crippen molar-refractivity contribution >= 4 is 34.6 Å². The average Bonchev–Trinajstić information content (AvgIpc) is 2.55. The summed E-state index contributed by atoms with van der Waals surface area (Å²) < 4.78 is 11.0. The van der Waals surface area contributed by atoms with Crippen LogP contribution in [0.4, 0.5) is 11.4 Å². The molecule has 0 aromatic heterocycles. The molecule has 6 nitrogen and oxygen atoms in total. The average molecular weight is 329 g/mol. The van der Waals surface area contributed by atoms with Gasteiger partial charge in [-0.1, -0.05) is 0 Å². The van der Waals surface area contributed by atoms with E-state index in [0.717, 1.165) is 17.1 Å². The van der Waals surface area contributed by atoms with Gasteiger partial charge >= 0.3 is 0 Å². The number of amides is 1. The summed E-state index contributed by atoms with van der Waals surface area (Å²) in [6.07, 6.45) is 0. The first-order chi connectivity index (χ1) is 11.1. The van der Waals surface area contributed by atoms with Crippen LogP contribution in [0.2, 0.25) is 0 Å². The van der Waals surface area contributed by atoms with Crippen molar-refractivity contribution in [2.45, 2.75) is 0 Å². The van der Waals surface area contributed by atoms with Crippen LogP contribution in [0.15, 0.2) is 42.5 Å². The van der Waals surface area contributed by atoms with Gasteiger partial charge in [0, 0.05) is 23.0 Å². The molecule has 1 aliphatic rings. The lowest BCUT2D eigenvalue weighted by atomic mass is 10.2. The molecule has 0 bridgehead atoms. The summed E-state index contributed by atoms with van der Waals surface area (Å²) in [6.45, 7) is 1.09. The molecule has 0 aliphatic carbocycles. The van der Waals surface area contributed by atoms with Crippen molar-refractivity contribution in [1.82, 2.24) is 0 Å². The number of nitrogens with one attached hydrogen (secondary N) is 2. The lowest BCUT2D eigenvalue weighted by molar-refractivity contribution is 0.100. The number of hydrogen-bond acceptors (Lipinski definition) is 4. The van der Waals surface area contributed by atoms with E-state index in [0.29, 0.717) is 29.6 Å². The van der Waals surface area contributed by atoms with Gasteiger partial charge in [-0.05, 0) is 48.6 Å². The number of thiocarbonyl (C=S) groups is 1. The second-order valence-corrected chi connectivity index (χ2v) is 5.29. The van der Waals surface area contributed by atoms with Crippen LogP contribution >= 0.6 is 12.2 Å². The predicted octanol–water partition coefficient (Wildman–Crippen LogP) is 2.37. The Hall–Kier alpha value is -2.80. The fourth-order valence-electron chi connectivity index (χ4n) is 2.13. The van der Waals surface area contributed by atoms with Crippen molar-refractivity contribution in [3.05, 3.63) is 48.0 Å². The number of fused-ring (bicyclic) bond motifs is 1. The van der Waals surface area contributed by atoms with Gasteiger partial charge in [0.1, 0.15) is 13.2 Å². The van der Waals surface area contributed by atoms with Gasteiger partial charge < -0.3 is 25.8 Å². The third-order valence-corrected chi connectivity index (χ3v) is 3.43. The number of hydrogen-bond donors (Lipinski definition) is 3. The second kappa shape index (κ2) is 6.53. The molecule has 0 saturated heterocycles. The molecule has 0 spiro atoms. The van der Waals surface area contributed by atoms with Gasteiger partial charge in [-0.25, -0.2) is 0 Å². The second-order valence-electron chi connectivity index (χ2n) is 4.88. The fourth-order valence-corrected chi connectivity index (χ4v) is 2.37. The van der Waals surface area contributed by atoms with E-state index in [2.05, 4.69) is 10.6 Å². The van der Waals surface area contributed by atoms with Crippen LogP contribution in [0.1, 0.15) is 10.4 Å². The zero-order chi connectivity index (χ0) is 16.2. The van der Waals surface area contributed by atoms with E-state index in [1.54, 1.807) is 24.3 Å². The van der Waals surface area contributed by atoms with Crippen molar-refractivity contribution in [2.24, 2.45) is 5.73 Å². The highest BCUT2D eigenvalue weighted by Gasteiger charge is 2.12. The molecule has 0 atom stereocenters. The first-order valence-electron chi connectivity index (χ1n) is 6.99. The number of carbonyl (C=O) groups excluding carboxylic acids is 1. The third-order valence-electron chi connectivity index (χ3n) is 3.23. The Kier molecular flexibility index (Phi) is 4.29. The Balaban J connectivity index is 1.64. The molecule has 2 aromatic rings. The summed E-state index contributed by atoms with van der Waals surface area (Å²) in [5.41, 5.74) is 7.20. The minimum Gasteiger partial charge on any atom is -0.486 e. The molecule has 1 amide bonds. The van der Waals surface area contributed by atoms with E-state index < -0.39 is 5.91 Å². The summed E-state index contributed by atoms with van der Waals surface area (Å²) in [4.78, 5) is 11.0. The maximum absolute atomic E-state index is 11.0. The summed E-state index contributed by atoms with van der Waals surface area (Å²) in [6, 6.07) is 12.3. The van der Waals surface area contributed by atoms with Crippen LogP contribution in [0, 0.1) is 0 Å².